The summed E-state index contributed by atoms with van der Waals surface area (Å²) in [7, 11) is 1.70. The molecular formula is C22H25FN2O3. The van der Waals surface area contributed by atoms with Gasteiger partial charge in [0.05, 0.1) is 0 Å². The first-order valence-electron chi connectivity index (χ1n) is 9.63. The number of hydrogen-bond acceptors (Lipinski definition) is 3. The molecule has 1 aliphatic rings. The lowest BCUT2D eigenvalue weighted by atomic mass is 9.93. The number of benzene rings is 1. The van der Waals surface area contributed by atoms with Crippen molar-refractivity contribution in [1.82, 2.24) is 9.47 Å². The van der Waals surface area contributed by atoms with Gasteiger partial charge in [-0.25, -0.2) is 4.39 Å². The van der Waals surface area contributed by atoms with E-state index in [4.69, 9.17) is 0 Å². The fraction of sp³-hybridized carbons (Fsp3) is 0.409. The molecule has 0 spiro atoms. The van der Waals surface area contributed by atoms with Gasteiger partial charge < -0.3 is 4.90 Å². The number of rotatable bonds is 5. The number of halogens is 1. The van der Waals surface area contributed by atoms with Gasteiger partial charge >= 0.3 is 0 Å². The third-order valence-electron chi connectivity index (χ3n) is 5.46. The molecule has 0 N–H and O–H groups in total. The Kier molecular flexibility index (Phi) is 6.07. The molecule has 1 fully saturated rings. The van der Waals surface area contributed by atoms with Crippen LogP contribution in [0.5, 0.6) is 0 Å². The Labute approximate surface area is 163 Å². The first-order chi connectivity index (χ1) is 13.4. The molecule has 0 bridgehead atoms. The Balaban J connectivity index is 2.00. The van der Waals surface area contributed by atoms with Gasteiger partial charge in [-0.2, -0.15) is 0 Å². The minimum Gasteiger partial charge on any atom is -0.341 e. The van der Waals surface area contributed by atoms with Gasteiger partial charge in [0.25, 0.3) is 11.5 Å². The second-order valence-electron chi connectivity index (χ2n) is 7.46. The summed E-state index contributed by atoms with van der Waals surface area (Å²) in [6, 6.07) is 6.90. The minimum atomic E-state index is -1.30. The maximum atomic E-state index is 13.3. The molecule has 1 atom stereocenters. The predicted molar refractivity (Wildman–Crippen MR) is 105 cm³/mol. The van der Waals surface area contributed by atoms with E-state index in [-0.39, 0.29) is 11.6 Å². The van der Waals surface area contributed by atoms with E-state index in [1.54, 1.807) is 24.9 Å². The summed E-state index contributed by atoms with van der Waals surface area (Å²) in [6.45, 7) is 1.78. The molecule has 2 aromatic rings. The largest absolute Gasteiger partial charge is 0.341 e. The molecule has 148 valence electrons. The fourth-order valence-corrected chi connectivity index (χ4v) is 3.77. The van der Waals surface area contributed by atoms with Crippen molar-refractivity contribution in [3.8, 4) is 0 Å². The molecule has 1 aromatic heterocycles. The summed E-state index contributed by atoms with van der Waals surface area (Å²) < 4.78 is 14.5. The van der Waals surface area contributed by atoms with Crippen LogP contribution in [0.3, 0.4) is 0 Å². The molecule has 6 heteroatoms. The molecule has 1 saturated carbocycles. The quantitative estimate of drug-likeness (QED) is 0.585. The molecule has 28 heavy (non-hydrogen) atoms. The molecular weight excluding hydrogens is 359 g/mol. The molecule has 1 amide bonds. The van der Waals surface area contributed by atoms with E-state index in [1.165, 1.54) is 41.1 Å². The van der Waals surface area contributed by atoms with Crippen LogP contribution in [0.1, 0.15) is 54.1 Å². The molecule has 0 radical (unpaired) electrons. The summed E-state index contributed by atoms with van der Waals surface area (Å²) in [5.41, 5.74) is 0.539. The van der Waals surface area contributed by atoms with Crippen LogP contribution in [0, 0.1) is 12.7 Å². The number of pyridine rings is 1. The number of aromatic nitrogens is 1. The van der Waals surface area contributed by atoms with Gasteiger partial charge in [-0.3, -0.25) is 19.0 Å². The Bertz CT molecular complexity index is 914. The van der Waals surface area contributed by atoms with Crippen molar-refractivity contribution in [2.45, 2.75) is 51.1 Å². The van der Waals surface area contributed by atoms with Crippen LogP contribution in [0.25, 0.3) is 0 Å². The zero-order valence-corrected chi connectivity index (χ0v) is 16.2. The number of hydrogen-bond donors (Lipinski definition) is 0. The highest BCUT2D eigenvalue weighted by Crippen LogP contribution is 2.25. The van der Waals surface area contributed by atoms with E-state index in [0.717, 1.165) is 37.7 Å². The average Bonchev–Trinajstić information content (AvgIpc) is 2.70. The molecule has 0 unspecified atom stereocenters. The number of Topliss-reactive ketones (excluding diaryl/α,β-unsaturated/α-hetero) is 1. The van der Waals surface area contributed by atoms with Crippen molar-refractivity contribution < 1.29 is 14.0 Å². The molecule has 3 rings (SSSR count). The van der Waals surface area contributed by atoms with Crippen molar-refractivity contribution in [2.75, 3.05) is 7.05 Å². The van der Waals surface area contributed by atoms with E-state index in [1.807, 2.05) is 0 Å². The van der Waals surface area contributed by atoms with Gasteiger partial charge in [0.15, 0.2) is 11.8 Å². The Morgan fingerprint density at radius 2 is 1.75 bits per heavy atom. The average molecular weight is 384 g/mol. The van der Waals surface area contributed by atoms with Gasteiger partial charge in [0.2, 0.25) is 0 Å². The Morgan fingerprint density at radius 1 is 1.11 bits per heavy atom. The van der Waals surface area contributed by atoms with E-state index in [2.05, 4.69) is 0 Å². The highest BCUT2D eigenvalue weighted by Gasteiger charge is 2.35. The number of carbonyl (C=O) groups excluding carboxylic acids is 2. The highest BCUT2D eigenvalue weighted by molar-refractivity contribution is 6.11. The van der Waals surface area contributed by atoms with Crippen molar-refractivity contribution in [3.05, 3.63) is 69.9 Å². The van der Waals surface area contributed by atoms with Crippen molar-refractivity contribution in [3.63, 3.8) is 0 Å². The molecule has 0 aliphatic heterocycles. The summed E-state index contributed by atoms with van der Waals surface area (Å²) in [5, 5.41) is 0. The molecule has 5 nitrogen and oxygen atoms in total. The van der Waals surface area contributed by atoms with Crippen LogP contribution in [-0.2, 0) is 4.79 Å². The minimum absolute atomic E-state index is 0.0610. The highest BCUT2D eigenvalue weighted by atomic mass is 19.1. The molecule has 1 aliphatic carbocycles. The van der Waals surface area contributed by atoms with Crippen LogP contribution in [0.2, 0.25) is 0 Å². The Morgan fingerprint density at radius 3 is 2.36 bits per heavy atom. The predicted octanol–water partition coefficient (Wildman–Crippen LogP) is 3.51. The fourth-order valence-electron chi connectivity index (χ4n) is 3.77. The standard InChI is InChI=1S/C22H25FN2O3/c1-15-12-13-25(19(26)14-15)20(21(27)16-8-10-17(23)11-9-16)22(28)24(2)18-6-4-3-5-7-18/h8-14,18,20H,3-7H2,1-2H3/t20-/m1/s1. The number of amides is 1. The van der Waals surface area contributed by atoms with Crippen molar-refractivity contribution in [2.24, 2.45) is 0 Å². The van der Waals surface area contributed by atoms with Crippen LogP contribution in [0.15, 0.2) is 47.4 Å². The van der Waals surface area contributed by atoms with E-state index in [9.17, 15) is 18.8 Å². The van der Waals surface area contributed by atoms with Crippen LogP contribution < -0.4 is 5.56 Å². The lowest BCUT2D eigenvalue weighted by molar-refractivity contribution is -0.134. The summed E-state index contributed by atoms with van der Waals surface area (Å²) in [6.07, 6.45) is 6.50. The SMILES string of the molecule is Cc1ccn([C@H](C(=O)c2ccc(F)cc2)C(=O)N(C)C2CCCCC2)c(=O)c1. The number of carbonyl (C=O) groups is 2. The van der Waals surface area contributed by atoms with Gasteiger partial charge in [0.1, 0.15) is 5.82 Å². The molecule has 1 aromatic carbocycles. The number of aryl methyl sites for hydroxylation is 1. The number of ketones is 1. The number of likely N-dealkylation sites (N-methyl/N-ethyl adjacent to an activating group) is 1. The third kappa shape index (κ3) is 4.21. The maximum absolute atomic E-state index is 13.3. The first-order valence-corrected chi connectivity index (χ1v) is 9.63. The van der Waals surface area contributed by atoms with Crippen LogP contribution in [-0.4, -0.2) is 34.2 Å². The zero-order chi connectivity index (χ0) is 20.3. The maximum Gasteiger partial charge on any atom is 0.253 e. The van der Waals surface area contributed by atoms with E-state index < -0.39 is 29.1 Å². The van der Waals surface area contributed by atoms with Gasteiger partial charge in [-0.05, 0) is 55.7 Å². The monoisotopic (exact) mass is 384 g/mol. The second kappa shape index (κ2) is 8.50. The van der Waals surface area contributed by atoms with Gasteiger partial charge in [-0.1, -0.05) is 19.3 Å². The smallest absolute Gasteiger partial charge is 0.253 e. The van der Waals surface area contributed by atoms with E-state index in [0.29, 0.717) is 0 Å². The normalized spacial score (nSPS) is 15.8. The van der Waals surface area contributed by atoms with Crippen molar-refractivity contribution >= 4 is 11.7 Å². The van der Waals surface area contributed by atoms with Gasteiger partial charge in [-0.15, -0.1) is 0 Å². The zero-order valence-electron chi connectivity index (χ0n) is 16.2. The first kappa shape index (κ1) is 20.0. The molecule has 0 saturated heterocycles. The van der Waals surface area contributed by atoms with Gasteiger partial charge in [0, 0.05) is 30.9 Å². The summed E-state index contributed by atoms with van der Waals surface area (Å²) >= 11 is 0. The molecule has 1 heterocycles. The van der Waals surface area contributed by atoms with Crippen LogP contribution >= 0.6 is 0 Å². The number of nitrogens with zero attached hydrogens (tertiary/aromatic N) is 2. The lowest BCUT2D eigenvalue weighted by Gasteiger charge is -2.33. The third-order valence-corrected chi connectivity index (χ3v) is 5.46. The van der Waals surface area contributed by atoms with Crippen molar-refractivity contribution in [1.29, 1.82) is 0 Å². The van der Waals surface area contributed by atoms with Crippen LogP contribution in [0.4, 0.5) is 4.39 Å². The topological polar surface area (TPSA) is 59.4 Å². The van der Waals surface area contributed by atoms with E-state index >= 15 is 0 Å². The summed E-state index contributed by atoms with van der Waals surface area (Å²) in [4.78, 5) is 40.7. The lowest BCUT2D eigenvalue weighted by Crippen LogP contribution is -2.46. The second-order valence-corrected chi connectivity index (χ2v) is 7.46. The summed E-state index contributed by atoms with van der Waals surface area (Å²) in [5.74, 6) is -1.39. The Hall–Kier alpha value is -2.76.